The van der Waals surface area contributed by atoms with Crippen molar-refractivity contribution in [2.45, 2.75) is 32.9 Å². The van der Waals surface area contributed by atoms with Crippen LogP contribution in [0.1, 0.15) is 30.0 Å². The van der Waals surface area contributed by atoms with Gasteiger partial charge in [0, 0.05) is 18.5 Å². The van der Waals surface area contributed by atoms with Crippen LogP contribution >= 0.6 is 0 Å². The summed E-state index contributed by atoms with van der Waals surface area (Å²) in [7, 11) is 1.61. The van der Waals surface area contributed by atoms with Crippen LogP contribution in [-0.4, -0.2) is 27.0 Å². The number of aromatic nitrogens is 3. The van der Waals surface area contributed by atoms with Gasteiger partial charge in [0.25, 0.3) is 0 Å². The Hall–Kier alpha value is -1.88. The molecule has 0 aliphatic carbocycles. The van der Waals surface area contributed by atoms with Crippen molar-refractivity contribution in [2.75, 3.05) is 7.11 Å². The number of rotatable bonds is 5. The Balaban J connectivity index is 2.22. The molecule has 0 aliphatic rings. The lowest BCUT2D eigenvalue weighted by atomic mass is 10.0. The molecule has 0 spiro atoms. The molecule has 1 unspecified atom stereocenters. The van der Waals surface area contributed by atoms with Crippen LogP contribution in [0.25, 0.3) is 0 Å². The quantitative estimate of drug-likeness (QED) is 0.893. The Morgan fingerprint density at radius 3 is 2.89 bits per heavy atom. The summed E-state index contributed by atoms with van der Waals surface area (Å²) in [6, 6.07) is 5.78. The zero-order valence-electron chi connectivity index (χ0n) is 11.5. The first-order valence-electron chi connectivity index (χ1n) is 6.35. The fraction of sp³-hybridized carbons (Fsp3) is 0.429. The van der Waals surface area contributed by atoms with Gasteiger partial charge in [0.15, 0.2) is 0 Å². The SMILES string of the molecule is CCn1ncnc1CC(O)c1ccc(C)cc1OC. The first-order chi connectivity index (χ1) is 9.15. The van der Waals surface area contributed by atoms with E-state index in [0.717, 1.165) is 23.5 Å². The molecule has 1 heterocycles. The molecule has 2 rings (SSSR count). The van der Waals surface area contributed by atoms with Gasteiger partial charge in [-0.05, 0) is 25.5 Å². The molecular formula is C14H19N3O2. The molecule has 0 aliphatic heterocycles. The molecule has 1 N–H and O–H groups in total. The number of aryl methyl sites for hydroxylation is 2. The molecule has 5 nitrogen and oxygen atoms in total. The maximum Gasteiger partial charge on any atom is 0.138 e. The predicted octanol–water partition coefficient (Wildman–Crippen LogP) is 1.89. The third-order valence-electron chi connectivity index (χ3n) is 3.12. The van der Waals surface area contributed by atoms with Gasteiger partial charge in [-0.25, -0.2) is 4.98 Å². The van der Waals surface area contributed by atoms with Crippen LogP contribution in [0.3, 0.4) is 0 Å². The van der Waals surface area contributed by atoms with Crippen LogP contribution in [0.5, 0.6) is 5.75 Å². The third-order valence-corrected chi connectivity index (χ3v) is 3.12. The molecule has 0 amide bonds. The molecule has 0 fully saturated rings. The van der Waals surface area contributed by atoms with E-state index in [0.29, 0.717) is 12.2 Å². The van der Waals surface area contributed by atoms with E-state index in [9.17, 15) is 5.11 Å². The molecule has 1 aromatic carbocycles. The van der Waals surface area contributed by atoms with Crippen LogP contribution in [0.15, 0.2) is 24.5 Å². The minimum Gasteiger partial charge on any atom is -0.496 e. The van der Waals surface area contributed by atoms with Gasteiger partial charge in [0.05, 0.1) is 13.2 Å². The highest BCUT2D eigenvalue weighted by Crippen LogP contribution is 2.28. The number of hydrogen-bond acceptors (Lipinski definition) is 4. The van der Waals surface area contributed by atoms with Crippen molar-refractivity contribution in [3.8, 4) is 5.75 Å². The van der Waals surface area contributed by atoms with E-state index in [1.165, 1.54) is 6.33 Å². The largest absolute Gasteiger partial charge is 0.496 e. The molecule has 19 heavy (non-hydrogen) atoms. The molecule has 102 valence electrons. The van der Waals surface area contributed by atoms with Crippen molar-refractivity contribution in [2.24, 2.45) is 0 Å². The zero-order valence-corrected chi connectivity index (χ0v) is 11.5. The molecule has 2 aromatic rings. The molecule has 0 saturated carbocycles. The summed E-state index contributed by atoms with van der Waals surface area (Å²) >= 11 is 0. The van der Waals surface area contributed by atoms with Gasteiger partial charge in [-0.1, -0.05) is 12.1 Å². The van der Waals surface area contributed by atoms with E-state index in [2.05, 4.69) is 10.1 Å². The minimum absolute atomic E-state index is 0.424. The van der Waals surface area contributed by atoms with E-state index in [1.807, 2.05) is 32.0 Å². The van der Waals surface area contributed by atoms with Gasteiger partial charge in [-0.2, -0.15) is 5.10 Å². The summed E-state index contributed by atoms with van der Waals surface area (Å²) in [5, 5.41) is 14.5. The van der Waals surface area contributed by atoms with Crippen LogP contribution in [0.4, 0.5) is 0 Å². The van der Waals surface area contributed by atoms with E-state index < -0.39 is 6.10 Å². The number of aliphatic hydroxyl groups excluding tert-OH is 1. The lowest BCUT2D eigenvalue weighted by Gasteiger charge is -2.15. The smallest absolute Gasteiger partial charge is 0.138 e. The van der Waals surface area contributed by atoms with Gasteiger partial charge in [-0.3, -0.25) is 4.68 Å². The Morgan fingerprint density at radius 1 is 1.42 bits per heavy atom. The van der Waals surface area contributed by atoms with Crippen LogP contribution in [0, 0.1) is 6.92 Å². The summed E-state index contributed by atoms with van der Waals surface area (Å²) in [6.45, 7) is 4.73. The maximum absolute atomic E-state index is 10.4. The Morgan fingerprint density at radius 2 is 2.21 bits per heavy atom. The van der Waals surface area contributed by atoms with Gasteiger partial charge in [0.1, 0.15) is 17.9 Å². The minimum atomic E-state index is -0.648. The highest BCUT2D eigenvalue weighted by atomic mass is 16.5. The van der Waals surface area contributed by atoms with E-state index >= 15 is 0 Å². The molecule has 1 atom stereocenters. The first-order valence-corrected chi connectivity index (χ1v) is 6.35. The van der Waals surface area contributed by atoms with Crippen molar-refractivity contribution in [3.63, 3.8) is 0 Å². The third kappa shape index (κ3) is 2.93. The number of methoxy groups -OCH3 is 1. The average Bonchev–Trinajstić information content (AvgIpc) is 2.85. The topological polar surface area (TPSA) is 60.2 Å². The highest BCUT2D eigenvalue weighted by Gasteiger charge is 2.16. The molecule has 0 saturated heterocycles. The summed E-state index contributed by atoms with van der Waals surface area (Å²) in [4.78, 5) is 4.18. The lowest BCUT2D eigenvalue weighted by molar-refractivity contribution is 0.169. The lowest BCUT2D eigenvalue weighted by Crippen LogP contribution is -2.10. The molecule has 1 aromatic heterocycles. The molecule has 0 bridgehead atoms. The second-order valence-electron chi connectivity index (χ2n) is 4.46. The molecule has 0 radical (unpaired) electrons. The second-order valence-corrected chi connectivity index (χ2v) is 4.46. The number of aliphatic hydroxyl groups is 1. The Labute approximate surface area is 112 Å². The average molecular weight is 261 g/mol. The Kier molecular flexibility index (Phi) is 4.16. The van der Waals surface area contributed by atoms with Crippen LogP contribution in [-0.2, 0) is 13.0 Å². The van der Waals surface area contributed by atoms with E-state index in [1.54, 1.807) is 11.8 Å². The second kappa shape index (κ2) is 5.84. The summed E-state index contributed by atoms with van der Waals surface area (Å²) < 4.78 is 7.10. The highest BCUT2D eigenvalue weighted by molar-refractivity contribution is 5.38. The number of ether oxygens (including phenoxy) is 1. The molecular weight excluding hydrogens is 242 g/mol. The monoisotopic (exact) mass is 261 g/mol. The summed E-state index contributed by atoms with van der Waals surface area (Å²) in [5.41, 5.74) is 1.88. The normalized spacial score (nSPS) is 12.4. The van der Waals surface area contributed by atoms with Gasteiger partial charge in [0.2, 0.25) is 0 Å². The predicted molar refractivity (Wildman–Crippen MR) is 72.1 cm³/mol. The van der Waals surface area contributed by atoms with Crippen LogP contribution < -0.4 is 4.74 Å². The number of benzene rings is 1. The standard InChI is InChI=1S/C14H19N3O2/c1-4-17-14(15-9-16-17)8-12(18)11-6-5-10(2)7-13(11)19-3/h5-7,9,12,18H,4,8H2,1-3H3. The fourth-order valence-corrected chi connectivity index (χ4v) is 2.09. The van der Waals surface area contributed by atoms with Crippen LogP contribution in [0.2, 0.25) is 0 Å². The maximum atomic E-state index is 10.4. The zero-order chi connectivity index (χ0) is 13.8. The van der Waals surface area contributed by atoms with Crippen molar-refractivity contribution in [1.82, 2.24) is 14.8 Å². The fourth-order valence-electron chi connectivity index (χ4n) is 2.09. The summed E-state index contributed by atoms with van der Waals surface area (Å²) in [6.07, 6.45) is 1.29. The first kappa shape index (κ1) is 13.5. The van der Waals surface area contributed by atoms with Gasteiger partial charge >= 0.3 is 0 Å². The van der Waals surface area contributed by atoms with Gasteiger partial charge in [-0.15, -0.1) is 0 Å². The van der Waals surface area contributed by atoms with E-state index in [-0.39, 0.29) is 0 Å². The van der Waals surface area contributed by atoms with Gasteiger partial charge < -0.3 is 9.84 Å². The number of nitrogens with zero attached hydrogens (tertiary/aromatic N) is 3. The van der Waals surface area contributed by atoms with Crippen molar-refractivity contribution in [3.05, 3.63) is 41.5 Å². The molecule has 5 heteroatoms. The Bertz CT molecular complexity index is 551. The van der Waals surface area contributed by atoms with E-state index in [4.69, 9.17) is 4.74 Å². The van der Waals surface area contributed by atoms with Crippen molar-refractivity contribution >= 4 is 0 Å². The van der Waals surface area contributed by atoms with Crippen molar-refractivity contribution in [1.29, 1.82) is 0 Å². The summed E-state index contributed by atoms with van der Waals surface area (Å²) in [5.74, 6) is 1.48. The number of hydrogen-bond donors (Lipinski definition) is 1. The van der Waals surface area contributed by atoms with Crippen molar-refractivity contribution < 1.29 is 9.84 Å².